The number of piperidine rings is 1. The van der Waals surface area contributed by atoms with Gasteiger partial charge in [0.05, 0.1) is 13.2 Å². The maximum Gasteiger partial charge on any atom is 0.408 e. The number of Topliss-reactive ketones (excluding diaryl/α,β-unsaturated/α-hetero) is 1. The molecule has 4 unspecified atom stereocenters. The number of ketones is 1. The van der Waals surface area contributed by atoms with Gasteiger partial charge in [-0.1, -0.05) is 47.5 Å². The number of carbonyl (C=O) groups excluding carboxylic acids is 5. The number of methoxy groups -OCH3 is 1. The van der Waals surface area contributed by atoms with E-state index in [1.807, 2.05) is 20.8 Å². The maximum atomic E-state index is 13.9. The van der Waals surface area contributed by atoms with E-state index in [1.54, 1.807) is 20.8 Å². The summed E-state index contributed by atoms with van der Waals surface area (Å²) in [7, 11) is 1.13. The molecule has 3 aliphatic rings. The molecule has 10 heteroatoms. The molecule has 10 nitrogen and oxygen atoms in total. The molecule has 0 spiro atoms. The normalized spacial score (nSPS) is 25.9. The molecule has 1 aliphatic heterocycles. The fourth-order valence-electron chi connectivity index (χ4n) is 5.47. The predicted octanol–water partition coefficient (Wildman–Crippen LogP) is 2.44. The Morgan fingerprint density at radius 1 is 1.00 bits per heavy atom. The third-order valence-corrected chi connectivity index (χ3v) is 7.82. The van der Waals surface area contributed by atoms with Crippen LogP contribution < -0.4 is 10.6 Å². The van der Waals surface area contributed by atoms with Gasteiger partial charge in [-0.2, -0.15) is 0 Å². The molecule has 5 atom stereocenters. The summed E-state index contributed by atoms with van der Waals surface area (Å²) in [6.45, 7) is 15.2. The van der Waals surface area contributed by atoms with Gasteiger partial charge in [0.15, 0.2) is 0 Å². The van der Waals surface area contributed by atoms with E-state index in [-0.39, 0.29) is 29.1 Å². The summed E-state index contributed by atoms with van der Waals surface area (Å²) in [4.78, 5) is 66.3. The second kappa shape index (κ2) is 9.91. The average molecular weight is 522 g/mol. The highest BCUT2D eigenvalue weighted by Gasteiger charge is 2.70. The SMILES string of the molecule is COC(=O)C(=O)C(CC1CC1)NC(=O)C1[C@@H]2C(CN1C(=O)C(NC(=O)OC(C)(C)C)C(C)(C)C)C2(C)C. The molecule has 37 heavy (non-hydrogen) atoms. The molecule has 0 aromatic rings. The largest absolute Gasteiger partial charge is 0.463 e. The molecule has 0 aromatic heterocycles. The molecule has 1 saturated heterocycles. The van der Waals surface area contributed by atoms with E-state index in [2.05, 4.69) is 29.2 Å². The first kappa shape index (κ1) is 28.9. The van der Waals surface area contributed by atoms with Crippen molar-refractivity contribution in [1.29, 1.82) is 0 Å². The number of carbonyl (C=O) groups is 5. The molecule has 0 aromatic carbocycles. The minimum atomic E-state index is -0.997. The molecule has 0 radical (unpaired) electrons. The van der Waals surface area contributed by atoms with Gasteiger partial charge in [0, 0.05) is 6.54 Å². The van der Waals surface area contributed by atoms with Gasteiger partial charge in [0.2, 0.25) is 11.8 Å². The lowest BCUT2D eigenvalue weighted by atomic mass is 9.85. The van der Waals surface area contributed by atoms with Crippen LogP contribution in [-0.2, 0) is 28.7 Å². The van der Waals surface area contributed by atoms with Gasteiger partial charge in [-0.3, -0.25) is 14.4 Å². The Hall–Kier alpha value is -2.65. The summed E-state index contributed by atoms with van der Waals surface area (Å²) in [5.41, 5.74) is -1.54. The molecular weight excluding hydrogens is 478 g/mol. The Bertz CT molecular complexity index is 958. The highest BCUT2D eigenvalue weighted by molar-refractivity contribution is 6.36. The van der Waals surface area contributed by atoms with Crippen molar-refractivity contribution < 1.29 is 33.4 Å². The van der Waals surface area contributed by atoms with Crippen LogP contribution in [0, 0.1) is 28.6 Å². The number of ether oxygens (including phenoxy) is 2. The van der Waals surface area contributed by atoms with E-state index in [4.69, 9.17) is 4.74 Å². The van der Waals surface area contributed by atoms with E-state index < -0.39 is 52.9 Å². The summed E-state index contributed by atoms with van der Waals surface area (Å²) in [5, 5.41) is 5.50. The fourth-order valence-corrected chi connectivity index (χ4v) is 5.47. The second-order valence-electron chi connectivity index (χ2n) is 13.4. The van der Waals surface area contributed by atoms with Crippen LogP contribution in [0.4, 0.5) is 4.79 Å². The van der Waals surface area contributed by atoms with Crippen LogP contribution in [0.5, 0.6) is 0 Å². The molecule has 208 valence electrons. The average Bonchev–Trinajstić information content (AvgIpc) is 3.60. The first-order valence-corrected chi connectivity index (χ1v) is 13.1. The van der Waals surface area contributed by atoms with Crippen LogP contribution in [0.2, 0.25) is 0 Å². The number of hydrogen-bond acceptors (Lipinski definition) is 7. The summed E-state index contributed by atoms with van der Waals surface area (Å²) in [6.07, 6.45) is 1.54. The number of amides is 3. The lowest BCUT2D eigenvalue weighted by Crippen LogP contribution is -2.60. The van der Waals surface area contributed by atoms with Crippen molar-refractivity contribution in [2.75, 3.05) is 13.7 Å². The van der Waals surface area contributed by atoms with Gasteiger partial charge in [-0.25, -0.2) is 9.59 Å². The van der Waals surface area contributed by atoms with Crippen molar-refractivity contribution >= 4 is 29.7 Å². The van der Waals surface area contributed by atoms with Gasteiger partial charge in [-0.15, -0.1) is 0 Å². The topological polar surface area (TPSA) is 131 Å². The minimum absolute atomic E-state index is 0.0894. The molecule has 2 aliphatic carbocycles. The van der Waals surface area contributed by atoms with Crippen LogP contribution in [0.15, 0.2) is 0 Å². The number of esters is 1. The van der Waals surface area contributed by atoms with E-state index >= 15 is 0 Å². The third kappa shape index (κ3) is 6.44. The number of nitrogens with zero attached hydrogens (tertiary/aromatic N) is 1. The van der Waals surface area contributed by atoms with E-state index in [0.717, 1.165) is 20.0 Å². The maximum absolute atomic E-state index is 13.9. The zero-order valence-corrected chi connectivity index (χ0v) is 23.6. The Balaban J connectivity index is 1.83. The van der Waals surface area contributed by atoms with E-state index in [1.165, 1.54) is 4.90 Å². The van der Waals surface area contributed by atoms with Crippen molar-refractivity contribution in [2.24, 2.45) is 28.6 Å². The second-order valence-corrected chi connectivity index (χ2v) is 13.4. The quantitative estimate of drug-likeness (QED) is 0.370. The molecule has 3 fully saturated rings. The highest BCUT2D eigenvalue weighted by Crippen LogP contribution is 2.65. The summed E-state index contributed by atoms with van der Waals surface area (Å²) in [6, 6.07) is -2.74. The Morgan fingerprint density at radius 3 is 2.08 bits per heavy atom. The Morgan fingerprint density at radius 2 is 1.59 bits per heavy atom. The molecule has 2 N–H and O–H groups in total. The summed E-state index contributed by atoms with van der Waals surface area (Å²) in [5.74, 6) is -2.32. The highest BCUT2D eigenvalue weighted by atomic mass is 16.6. The van der Waals surface area contributed by atoms with Gasteiger partial charge >= 0.3 is 12.1 Å². The molecule has 0 bridgehead atoms. The summed E-state index contributed by atoms with van der Waals surface area (Å²) >= 11 is 0. The number of alkyl carbamates (subject to hydrolysis) is 1. The molecule has 2 saturated carbocycles. The Labute approximate surface area is 219 Å². The first-order chi connectivity index (χ1) is 16.9. The van der Waals surface area contributed by atoms with Crippen molar-refractivity contribution in [3.63, 3.8) is 0 Å². The minimum Gasteiger partial charge on any atom is -0.463 e. The van der Waals surface area contributed by atoms with Crippen molar-refractivity contribution in [2.45, 2.75) is 98.4 Å². The Kier molecular flexibility index (Phi) is 7.74. The number of nitrogens with one attached hydrogen (secondary N) is 2. The lowest BCUT2D eigenvalue weighted by molar-refractivity contribution is -0.153. The van der Waals surface area contributed by atoms with Crippen molar-refractivity contribution in [3.05, 3.63) is 0 Å². The van der Waals surface area contributed by atoms with Gasteiger partial charge in [0.1, 0.15) is 17.7 Å². The lowest BCUT2D eigenvalue weighted by Gasteiger charge is -2.38. The molecule has 3 amide bonds. The van der Waals surface area contributed by atoms with Crippen LogP contribution in [0.3, 0.4) is 0 Å². The van der Waals surface area contributed by atoms with Crippen LogP contribution in [0.25, 0.3) is 0 Å². The number of fused-ring (bicyclic) bond motifs is 1. The molecular formula is C27H43N3O7. The number of hydrogen-bond donors (Lipinski definition) is 2. The standard InChI is InChI=1S/C27H43N3O7/c1-25(2,3)20(29-24(35)37-26(4,5)6)22(33)30-13-15-17(27(15,7)8)18(30)21(32)28-16(12-14-10-11-14)19(31)23(34)36-9/h14-18,20H,10-13H2,1-9H3,(H,28,32)(H,29,35)/t15?,16?,17-,18?,20?/m0/s1. The van der Waals surface area contributed by atoms with Gasteiger partial charge in [0.25, 0.3) is 5.78 Å². The predicted molar refractivity (Wildman–Crippen MR) is 135 cm³/mol. The van der Waals surface area contributed by atoms with Crippen LogP contribution in [-0.4, -0.2) is 71.9 Å². The smallest absolute Gasteiger partial charge is 0.408 e. The van der Waals surface area contributed by atoms with Crippen molar-refractivity contribution in [3.8, 4) is 0 Å². The monoisotopic (exact) mass is 521 g/mol. The van der Waals surface area contributed by atoms with Gasteiger partial charge in [-0.05, 0) is 55.8 Å². The number of rotatable bonds is 8. The van der Waals surface area contributed by atoms with Crippen LogP contribution >= 0.6 is 0 Å². The summed E-state index contributed by atoms with van der Waals surface area (Å²) < 4.78 is 9.99. The number of likely N-dealkylation sites (tertiary alicyclic amines) is 1. The zero-order valence-electron chi connectivity index (χ0n) is 23.6. The van der Waals surface area contributed by atoms with Crippen LogP contribution in [0.1, 0.15) is 74.7 Å². The fraction of sp³-hybridized carbons (Fsp3) is 0.815. The molecule has 1 heterocycles. The molecule has 3 rings (SSSR count). The zero-order chi connectivity index (χ0) is 28.1. The van der Waals surface area contributed by atoms with E-state index in [9.17, 15) is 24.0 Å². The van der Waals surface area contributed by atoms with Crippen molar-refractivity contribution in [1.82, 2.24) is 15.5 Å². The first-order valence-electron chi connectivity index (χ1n) is 13.1. The van der Waals surface area contributed by atoms with E-state index in [0.29, 0.717) is 13.0 Å². The van der Waals surface area contributed by atoms with Gasteiger partial charge < -0.3 is 25.0 Å². The third-order valence-electron chi connectivity index (χ3n) is 7.82.